The van der Waals surface area contributed by atoms with Gasteiger partial charge in [-0.2, -0.15) is 10.2 Å². The highest BCUT2D eigenvalue weighted by atomic mass is 19.1. The summed E-state index contributed by atoms with van der Waals surface area (Å²) in [6, 6.07) is 6.19. The molecule has 3 rings (SSSR count). The van der Waals surface area contributed by atoms with Crippen LogP contribution in [0.15, 0.2) is 36.7 Å². The second-order valence-corrected chi connectivity index (χ2v) is 5.63. The number of aromatic nitrogens is 4. The molecule has 0 amide bonds. The van der Waals surface area contributed by atoms with Crippen LogP contribution in [-0.2, 0) is 13.1 Å². The topological polar surface area (TPSA) is 67.9 Å². The number of hydrogen-bond acceptors (Lipinski definition) is 4. The first kappa shape index (κ1) is 16.2. The summed E-state index contributed by atoms with van der Waals surface area (Å²) in [6.45, 7) is 5.02. The average molecular weight is 329 g/mol. The van der Waals surface area contributed by atoms with Gasteiger partial charge in [0.15, 0.2) is 0 Å². The number of anilines is 1. The third-order valence-electron chi connectivity index (χ3n) is 3.93. The van der Waals surface area contributed by atoms with E-state index in [9.17, 15) is 4.39 Å². The molecule has 0 aliphatic carbocycles. The molecule has 126 valence electrons. The molecule has 6 nitrogen and oxygen atoms in total. The van der Waals surface area contributed by atoms with Crippen LogP contribution in [0.2, 0.25) is 0 Å². The zero-order valence-corrected chi connectivity index (χ0v) is 13.7. The Morgan fingerprint density at radius 1 is 1.21 bits per heavy atom. The molecule has 2 aromatic heterocycles. The van der Waals surface area contributed by atoms with Crippen LogP contribution in [0.1, 0.15) is 16.8 Å². The first-order valence-electron chi connectivity index (χ1n) is 7.76. The van der Waals surface area contributed by atoms with E-state index in [0.29, 0.717) is 13.1 Å². The average Bonchev–Trinajstić information content (AvgIpc) is 3.13. The van der Waals surface area contributed by atoms with Crippen LogP contribution in [0.25, 0.3) is 5.69 Å². The van der Waals surface area contributed by atoms with E-state index in [-0.39, 0.29) is 12.4 Å². The van der Waals surface area contributed by atoms with Crippen molar-refractivity contribution < 1.29 is 9.50 Å². The number of benzene rings is 1. The van der Waals surface area contributed by atoms with Crippen LogP contribution in [0, 0.1) is 19.7 Å². The number of nitrogens with zero attached hydrogens (tertiary/aromatic N) is 4. The van der Waals surface area contributed by atoms with Gasteiger partial charge in [0, 0.05) is 23.9 Å². The van der Waals surface area contributed by atoms with E-state index in [1.165, 1.54) is 12.1 Å². The minimum atomic E-state index is -0.268. The Kier molecular flexibility index (Phi) is 4.61. The van der Waals surface area contributed by atoms with Crippen LogP contribution in [0.5, 0.6) is 0 Å². The van der Waals surface area contributed by atoms with Crippen molar-refractivity contribution in [2.45, 2.75) is 26.9 Å². The van der Waals surface area contributed by atoms with Gasteiger partial charge in [-0.15, -0.1) is 0 Å². The normalized spacial score (nSPS) is 11.0. The summed E-state index contributed by atoms with van der Waals surface area (Å²) >= 11 is 0. The van der Waals surface area contributed by atoms with E-state index in [2.05, 4.69) is 15.5 Å². The number of aryl methyl sites for hydroxylation is 1. The highest BCUT2D eigenvalue weighted by Crippen LogP contribution is 2.19. The Bertz CT molecular complexity index is 822. The van der Waals surface area contributed by atoms with E-state index >= 15 is 0 Å². The molecule has 0 atom stereocenters. The van der Waals surface area contributed by atoms with Crippen molar-refractivity contribution in [3.8, 4) is 5.69 Å². The molecule has 7 heteroatoms. The Hall–Kier alpha value is -2.67. The zero-order chi connectivity index (χ0) is 17.1. The summed E-state index contributed by atoms with van der Waals surface area (Å²) in [5, 5.41) is 21.2. The van der Waals surface area contributed by atoms with E-state index in [4.69, 9.17) is 5.11 Å². The Morgan fingerprint density at radius 3 is 2.67 bits per heavy atom. The third kappa shape index (κ3) is 3.30. The van der Waals surface area contributed by atoms with E-state index in [1.54, 1.807) is 27.7 Å². The Morgan fingerprint density at radius 2 is 1.96 bits per heavy atom. The quantitative estimate of drug-likeness (QED) is 0.729. The molecule has 1 aromatic carbocycles. The summed E-state index contributed by atoms with van der Waals surface area (Å²) in [5.41, 5.74) is 3.80. The minimum absolute atomic E-state index is 0.0394. The number of aliphatic hydroxyl groups excluding tert-OH is 1. The van der Waals surface area contributed by atoms with Crippen molar-refractivity contribution in [2.24, 2.45) is 0 Å². The van der Waals surface area contributed by atoms with E-state index in [0.717, 1.165) is 28.3 Å². The second-order valence-electron chi connectivity index (χ2n) is 5.63. The summed E-state index contributed by atoms with van der Waals surface area (Å²) < 4.78 is 16.5. The zero-order valence-electron chi connectivity index (χ0n) is 13.7. The lowest BCUT2D eigenvalue weighted by Crippen LogP contribution is -2.10. The monoisotopic (exact) mass is 329 g/mol. The molecule has 0 aliphatic heterocycles. The SMILES string of the molecule is Cc1nn(CCO)c(NCc2cnn(-c3ccc(F)cc3)c2)c1C. The molecule has 0 bridgehead atoms. The number of nitrogens with one attached hydrogen (secondary N) is 1. The van der Waals surface area contributed by atoms with Crippen LogP contribution in [0.4, 0.5) is 10.2 Å². The summed E-state index contributed by atoms with van der Waals surface area (Å²) in [7, 11) is 0. The van der Waals surface area contributed by atoms with Crippen molar-refractivity contribution in [1.29, 1.82) is 0 Å². The summed E-state index contributed by atoms with van der Waals surface area (Å²) in [6.07, 6.45) is 3.67. The van der Waals surface area contributed by atoms with Gasteiger partial charge in [-0.3, -0.25) is 0 Å². The Labute approximate surface area is 139 Å². The maximum atomic E-state index is 13.0. The van der Waals surface area contributed by atoms with Gasteiger partial charge in [0.25, 0.3) is 0 Å². The van der Waals surface area contributed by atoms with Crippen molar-refractivity contribution in [1.82, 2.24) is 19.6 Å². The van der Waals surface area contributed by atoms with Crippen LogP contribution in [-0.4, -0.2) is 31.3 Å². The predicted octanol–water partition coefficient (Wildman–Crippen LogP) is 2.43. The third-order valence-corrected chi connectivity index (χ3v) is 3.93. The largest absolute Gasteiger partial charge is 0.394 e. The van der Waals surface area contributed by atoms with Gasteiger partial charge in [-0.25, -0.2) is 13.8 Å². The summed E-state index contributed by atoms with van der Waals surface area (Å²) in [5.74, 6) is 0.631. The molecule has 0 saturated carbocycles. The minimum Gasteiger partial charge on any atom is -0.394 e. The molecule has 0 radical (unpaired) electrons. The molecule has 2 N–H and O–H groups in total. The molecular weight excluding hydrogens is 309 g/mol. The fraction of sp³-hybridized carbons (Fsp3) is 0.294. The molecule has 2 heterocycles. The lowest BCUT2D eigenvalue weighted by Gasteiger charge is -2.09. The molecule has 0 saturated heterocycles. The fourth-order valence-corrected chi connectivity index (χ4v) is 2.52. The fourth-order valence-electron chi connectivity index (χ4n) is 2.52. The number of halogens is 1. The highest BCUT2D eigenvalue weighted by molar-refractivity contribution is 5.47. The summed E-state index contributed by atoms with van der Waals surface area (Å²) in [4.78, 5) is 0. The number of aliphatic hydroxyl groups is 1. The molecule has 3 aromatic rings. The van der Waals surface area contributed by atoms with Gasteiger partial charge in [0.1, 0.15) is 11.6 Å². The lowest BCUT2D eigenvalue weighted by molar-refractivity contribution is 0.270. The maximum Gasteiger partial charge on any atom is 0.127 e. The van der Waals surface area contributed by atoms with Crippen molar-refractivity contribution in [3.63, 3.8) is 0 Å². The molecule has 0 aliphatic rings. The van der Waals surface area contributed by atoms with Crippen LogP contribution < -0.4 is 5.32 Å². The van der Waals surface area contributed by atoms with Gasteiger partial charge in [-0.1, -0.05) is 0 Å². The molecule has 0 fully saturated rings. The van der Waals surface area contributed by atoms with Crippen LogP contribution >= 0.6 is 0 Å². The van der Waals surface area contributed by atoms with Gasteiger partial charge in [0.2, 0.25) is 0 Å². The lowest BCUT2D eigenvalue weighted by atomic mass is 10.2. The van der Waals surface area contributed by atoms with Gasteiger partial charge >= 0.3 is 0 Å². The highest BCUT2D eigenvalue weighted by Gasteiger charge is 2.11. The predicted molar refractivity (Wildman–Crippen MR) is 89.6 cm³/mol. The first-order chi connectivity index (χ1) is 11.6. The molecular formula is C17H20FN5O. The van der Waals surface area contributed by atoms with Crippen LogP contribution in [0.3, 0.4) is 0 Å². The van der Waals surface area contributed by atoms with E-state index < -0.39 is 0 Å². The molecule has 24 heavy (non-hydrogen) atoms. The van der Waals surface area contributed by atoms with E-state index in [1.807, 2.05) is 20.0 Å². The maximum absolute atomic E-state index is 13.0. The second kappa shape index (κ2) is 6.84. The number of hydrogen-bond donors (Lipinski definition) is 2. The smallest absolute Gasteiger partial charge is 0.127 e. The van der Waals surface area contributed by atoms with Gasteiger partial charge in [-0.05, 0) is 38.1 Å². The standard InChI is InChI=1S/C17H20FN5O/c1-12-13(2)21-22(7-8-24)17(12)19-9-14-10-20-23(11-14)16-5-3-15(18)4-6-16/h3-6,10-11,19,24H,7-9H2,1-2H3. The number of rotatable bonds is 6. The Balaban J connectivity index is 1.73. The van der Waals surface area contributed by atoms with Gasteiger partial charge < -0.3 is 10.4 Å². The van der Waals surface area contributed by atoms with Crippen molar-refractivity contribution in [2.75, 3.05) is 11.9 Å². The molecule has 0 unspecified atom stereocenters. The molecule has 0 spiro atoms. The van der Waals surface area contributed by atoms with Crippen molar-refractivity contribution >= 4 is 5.82 Å². The van der Waals surface area contributed by atoms with Gasteiger partial charge in [0.05, 0.1) is 30.7 Å². The van der Waals surface area contributed by atoms with Crippen molar-refractivity contribution in [3.05, 3.63) is 59.3 Å². The first-order valence-corrected chi connectivity index (χ1v) is 7.76.